The van der Waals surface area contributed by atoms with Gasteiger partial charge in [0.1, 0.15) is 5.75 Å². The number of esters is 1. The van der Waals surface area contributed by atoms with Gasteiger partial charge >= 0.3 is 5.97 Å². The summed E-state index contributed by atoms with van der Waals surface area (Å²) in [4.78, 5) is 12.1. The quantitative estimate of drug-likeness (QED) is 0.580. The molecule has 0 aromatic heterocycles. The third kappa shape index (κ3) is 2.92. The zero-order valence-electron chi connectivity index (χ0n) is 11.6. The zero-order valence-corrected chi connectivity index (χ0v) is 11.6. The van der Waals surface area contributed by atoms with Crippen molar-refractivity contribution in [2.24, 2.45) is 5.92 Å². The fourth-order valence-corrected chi connectivity index (χ4v) is 2.64. The van der Waals surface area contributed by atoms with Crippen LogP contribution in [0.5, 0.6) is 5.75 Å². The fourth-order valence-electron chi connectivity index (χ4n) is 2.64. The molecule has 18 heavy (non-hydrogen) atoms. The Morgan fingerprint density at radius 2 is 1.78 bits per heavy atom. The van der Waals surface area contributed by atoms with E-state index in [0.29, 0.717) is 0 Å². The maximum Gasteiger partial charge on any atom is 0.314 e. The van der Waals surface area contributed by atoms with E-state index in [2.05, 4.69) is 13.0 Å². The van der Waals surface area contributed by atoms with E-state index in [0.717, 1.165) is 42.6 Å². The van der Waals surface area contributed by atoms with Crippen molar-refractivity contribution in [3.8, 4) is 5.75 Å². The van der Waals surface area contributed by atoms with Gasteiger partial charge < -0.3 is 4.74 Å². The molecule has 2 rings (SSSR count). The molecule has 0 bridgehead atoms. The summed E-state index contributed by atoms with van der Waals surface area (Å²) in [5.74, 6) is 0.810. The molecule has 1 saturated carbocycles. The number of hydrogen-bond acceptors (Lipinski definition) is 2. The van der Waals surface area contributed by atoms with Crippen LogP contribution in [0, 0.1) is 26.7 Å². The molecule has 0 atom stereocenters. The van der Waals surface area contributed by atoms with Crippen LogP contribution >= 0.6 is 0 Å². The molecule has 0 heterocycles. The van der Waals surface area contributed by atoms with Gasteiger partial charge in [0.2, 0.25) is 0 Å². The highest BCUT2D eigenvalue weighted by molar-refractivity contribution is 5.75. The summed E-state index contributed by atoms with van der Waals surface area (Å²) in [6.07, 6.45) is 5.55. The molecule has 98 valence electrons. The lowest BCUT2D eigenvalue weighted by molar-refractivity contribution is -0.140. The molecular weight excluding hydrogens is 224 g/mol. The molecule has 1 fully saturated rings. The van der Waals surface area contributed by atoms with Crippen molar-refractivity contribution in [2.75, 3.05) is 0 Å². The largest absolute Gasteiger partial charge is 0.426 e. The second-order valence-corrected chi connectivity index (χ2v) is 5.46. The highest BCUT2D eigenvalue weighted by Gasteiger charge is 2.23. The summed E-state index contributed by atoms with van der Waals surface area (Å²) in [5.41, 5.74) is 3.40. The van der Waals surface area contributed by atoms with Crippen LogP contribution in [0.15, 0.2) is 12.1 Å². The van der Waals surface area contributed by atoms with Gasteiger partial charge in [-0.25, -0.2) is 0 Å². The van der Waals surface area contributed by atoms with Crippen LogP contribution in [-0.4, -0.2) is 5.97 Å². The van der Waals surface area contributed by atoms with Gasteiger partial charge in [-0.1, -0.05) is 25.3 Å². The van der Waals surface area contributed by atoms with Crippen molar-refractivity contribution in [3.63, 3.8) is 0 Å². The minimum absolute atomic E-state index is 0.0391. The average molecular weight is 246 g/mol. The van der Waals surface area contributed by atoms with Gasteiger partial charge in [0.25, 0.3) is 0 Å². The predicted octanol–water partition coefficient (Wildman–Crippen LogP) is 4.10. The van der Waals surface area contributed by atoms with E-state index in [1.807, 2.05) is 19.9 Å². The normalized spacial score (nSPS) is 16.6. The molecule has 0 radical (unpaired) electrons. The van der Waals surface area contributed by atoms with Crippen LogP contribution in [0.25, 0.3) is 0 Å². The van der Waals surface area contributed by atoms with E-state index in [-0.39, 0.29) is 11.9 Å². The van der Waals surface area contributed by atoms with Gasteiger partial charge in [-0.05, 0) is 56.4 Å². The van der Waals surface area contributed by atoms with Crippen molar-refractivity contribution in [3.05, 3.63) is 28.8 Å². The van der Waals surface area contributed by atoms with Crippen LogP contribution in [0.1, 0.15) is 48.8 Å². The Hall–Kier alpha value is -1.31. The second kappa shape index (κ2) is 5.55. The van der Waals surface area contributed by atoms with Gasteiger partial charge in [0.15, 0.2) is 0 Å². The van der Waals surface area contributed by atoms with Crippen LogP contribution < -0.4 is 4.74 Å². The van der Waals surface area contributed by atoms with Crippen LogP contribution in [0.2, 0.25) is 0 Å². The summed E-state index contributed by atoms with van der Waals surface area (Å²) in [5, 5.41) is 0. The molecule has 0 N–H and O–H groups in total. The van der Waals surface area contributed by atoms with Crippen molar-refractivity contribution in [2.45, 2.75) is 52.9 Å². The van der Waals surface area contributed by atoms with E-state index < -0.39 is 0 Å². The smallest absolute Gasteiger partial charge is 0.314 e. The third-order valence-corrected chi connectivity index (χ3v) is 3.91. The van der Waals surface area contributed by atoms with E-state index >= 15 is 0 Å². The Morgan fingerprint density at radius 1 is 1.11 bits per heavy atom. The summed E-state index contributed by atoms with van der Waals surface area (Å²) in [7, 11) is 0. The highest BCUT2D eigenvalue weighted by atomic mass is 16.5. The first-order valence-electron chi connectivity index (χ1n) is 6.87. The summed E-state index contributed by atoms with van der Waals surface area (Å²) < 4.78 is 5.61. The number of carbonyl (C=O) groups excluding carboxylic acids is 1. The maximum atomic E-state index is 12.1. The number of aryl methyl sites for hydroxylation is 2. The lowest BCUT2D eigenvalue weighted by atomic mass is 9.89. The van der Waals surface area contributed by atoms with Crippen LogP contribution in [-0.2, 0) is 4.79 Å². The highest BCUT2D eigenvalue weighted by Crippen LogP contribution is 2.28. The van der Waals surface area contributed by atoms with E-state index in [1.165, 1.54) is 12.0 Å². The SMILES string of the molecule is Cc1cc(C)c(C)c(OC(=O)C2CCCCC2)c1. The lowest BCUT2D eigenvalue weighted by Crippen LogP contribution is -2.23. The van der Waals surface area contributed by atoms with Crippen molar-refractivity contribution < 1.29 is 9.53 Å². The Bertz CT molecular complexity index is 443. The minimum Gasteiger partial charge on any atom is -0.426 e. The standard InChI is InChI=1S/C16H22O2/c1-11-9-12(2)13(3)15(10-11)18-16(17)14-7-5-4-6-8-14/h9-10,14H,4-8H2,1-3H3. The Balaban J connectivity index is 2.11. The molecule has 1 aromatic rings. The Kier molecular flexibility index (Phi) is 4.05. The molecule has 1 aliphatic carbocycles. The van der Waals surface area contributed by atoms with Crippen LogP contribution in [0.3, 0.4) is 0 Å². The van der Waals surface area contributed by atoms with Crippen LogP contribution in [0.4, 0.5) is 0 Å². The van der Waals surface area contributed by atoms with Gasteiger partial charge in [0.05, 0.1) is 5.92 Å². The molecule has 2 nitrogen and oxygen atoms in total. The average Bonchev–Trinajstić information content (AvgIpc) is 2.36. The topological polar surface area (TPSA) is 26.3 Å². The first-order chi connectivity index (χ1) is 8.58. The Labute approximate surface area is 109 Å². The first-order valence-corrected chi connectivity index (χ1v) is 6.87. The summed E-state index contributed by atoms with van der Waals surface area (Å²) in [6.45, 7) is 6.10. The first kappa shape index (κ1) is 13.1. The lowest BCUT2D eigenvalue weighted by Gasteiger charge is -2.20. The monoisotopic (exact) mass is 246 g/mol. The summed E-state index contributed by atoms with van der Waals surface area (Å²) >= 11 is 0. The molecule has 2 heteroatoms. The number of benzene rings is 1. The van der Waals surface area contributed by atoms with Gasteiger partial charge in [-0.2, -0.15) is 0 Å². The third-order valence-electron chi connectivity index (χ3n) is 3.91. The molecule has 0 amide bonds. The molecule has 1 aliphatic rings. The number of ether oxygens (including phenoxy) is 1. The summed E-state index contributed by atoms with van der Waals surface area (Å²) in [6, 6.07) is 4.08. The van der Waals surface area contributed by atoms with E-state index in [1.54, 1.807) is 0 Å². The van der Waals surface area contributed by atoms with Gasteiger partial charge in [-0.15, -0.1) is 0 Å². The maximum absolute atomic E-state index is 12.1. The Morgan fingerprint density at radius 3 is 2.44 bits per heavy atom. The number of rotatable bonds is 2. The molecule has 1 aromatic carbocycles. The van der Waals surface area contributed by atoms with Gasteiger partial charge in [-0.3, -0.25) is 4.79 Å². The number of hydrogen-bond donors (Lipinski definition) is 0. The van der Waals surface area contributed by atoms with E-state index in [9.17, 15) is 4.79 Å². The molecular formula is C16H22O2. The number of carbonyl (C=O) groups is 1. The van der Waals surface area contributed by atoms with Crippen molar-refractivity contribution in [1.29, 1.82) is 0 Å². The van der Waals surface area contributed by atoms with Gasteiger partial charge in [0, 0.05) is 0 Å². The molecule has 0 spiro atoms. The fraction of sp³-hybridized carbons (Fsp3) is 0.562. The molecule has 0 aliphatic heterocycles. The van der Waals surface area contributed by atoms with E-state index in [4.69, 9.17) is 4.74 Å². The molecule has 0 saturated heterocycles. The van der Waals surface area contributed by atoms with Crippen molar-refractivity contribution >= 4 is 5.97 Å². The minimum atomic E-state index is -0.0391. The second-order valence-electron chi connectivity index (χ2n) is 5.46. The predicted molar refractivity (Wildman–Crippen MR) is 72.9 cm³/mol. The van der Waals surface area contributed by atoms with Crippen molar-refractivity contribution in [1.82, 2.24) is 0 Å². The zero-order chi connectivity index (χ0) is 13.1. The molecule has 0 unspecified atom stereocenters.